The Balaban J connectivity index is 1.64. The maximum absolute atomic E-state index is 12.3. The van der Waals surface area contributed by atoms with Gasteiger partial charge in [0.2, 0.25) is 0 Å². The van der Waals surface area contributed by atoms with Crippen LogP contribution in [0.5, 0.6) is 0 Å². The first-order valence-corrected chi connectivity index (χ1v) is 9.10. The van der Waals surface area contributed by atoms with Gasteiger partial charge in [0, 0.05) is 17.1 Å². The summed E-state index contributed by atoms with van der Waals surface area (Å²) < 4.78 is 0. The average molecular weight is 329 g/mol. The Bertz CT molecular complexity index is 689. The first-order chi connectivity index (χ1) is 11.1. The molecule has 3 rings (SSSR count). The van der Waals surface area contributed by atoms with Crippen LogP contribution in [0, 0.1) is 13.8 Å². The van der Waals surface area contributed by atoms with Crippen LogP contribution in [0.15, 0.2) is 23.6 Å². The van der Waals surface area contributed by atoms with Crippen LogP contribution in [0.1, 0.15) is 53.7 Å². The van der Waals surface area contributed by atoms with Crippen LogP contribution in [-0.4, -0.2) is 16.9 Å². The standard InChI is InChI=1S/C18H23N3OS/c1-12-8-9-15(13(2)10-12)20-18-21-16(11-23-18)17(22)19-14-6-4-3-5-7-14/h8-11,14H,3-7H2,1-2H3,(H,19,22)(H,20,21). The van der Waals surface area contributed by atoms with E-state index in [-0.39, 0.29) is 5.91 Å². The van der Waals surface area contributed by atoms with E-state index < -0.39 is 0 Å². The number of nitrogens with one attached hydrogen (secondary N) is 2. The van der Waals surface area contributed by atoms with Crippen LogP contribution in [0.2, 0.25) is 0 Å². The molecular weight excluding hydrogens is 306 g/mol. The zero-order chi connectivity index (χ0) is 16.2. The third-order valence-corrected chi connectivity index (χ3v) is 5.06. The molecule has 0 spiro atoms. The molecule has 1 aliphatic rings. The third kappa shape index (κ3) is 4.10. The van der Waals surface area contributed by atoms with Gasteiger partial charge in [-0.2, -0.15) is 0 Å². The Morgan fingerprint density at radius 3 is 2.74 bits per heavy atom. The summed E-state index contributed by atoms with van der Waals surface area (Å²) in [5.74, 6) is -0.0539. The summed E-state index contributed by atoms with van der Waals surface area (Å²) in [6, 6.07) is 6.56. The van der Waals surface area contributed by atoms with Crippen molar-refractivity contribution in [2.45, 2.75) is 52.0 Å². The number of carbonyl (C=O) groups excluding carboxylic acids is 1. The van der Waals surface area contributed by atoms with Gasteiger partial charge in [-0.1, -0.05) is 37.0 Å². The number of rotatable bonds is 4. The zero-order valence-corrected chi connectivity index (χ0v) is 14.5. The lowest BCUT2D eigenvalue weighted by Crippen LogP contribution is -2.36. The van der Waals surface area contributed by atoms with E-state index in [0.29, 0.717) is 11.7 Å². The highest BCUT2D eigenvalue weighted by molar-refractivity contribution is 7.14. The van der Waals surface area contributed by atoms with Crippen molar-refractivity contribution in [2.75, 3.05) is 5.32 Å². The minimum Gasteiger partial charge on any atom is -0.348 e. The summed E-state index contributed by atoms with van der Waals surface area (Å²) in [5, 5.41) is 8.99. The SMILES string of the molecule is Cc1ccc(Nc2nc(C(=O)NC3CCCCC3)cs2)c(C)c1. The smallest absolute Gasteiger partial charge is 0.271 e. The second-order valence-corrected chi connectivity index (χ2v) is 7.15. The van der Waals surface area contributed by atoms with Gasteiger partial charge in [-0.05, 0) is 38.3 Å². The molecule has 1 aromatic heterocycles. The molecule has 2 N–H and O–H groups in total. The fourth-order valence-corrected chi connectivity index (χ4v) is 3.71. The van der Waals surface area contributed by atoms with E-state index >= 15 is 0 Å². The van der Waals surface area contributed by atoms with Crippen molar-refractivity contribution in [1.29, 1.82) is 0 Å². The van der Waals surface area contributed by atoms with Gasteiger partial charge in [-0.15, -0.1) is 11.3 Å². The largest absolute Gasteiger partial charge is 0.348 e. The van der Waals surface area contributed by atoms with Crippen LogP contribution in [0.4, 0.5) is 10.8 Å². The topological polar surface area (TPSA) is 54.0 Å². The first-order valence-electron chi connectivity index (χ1n) is 8.22. The molecule has 1 saturated carbocycles. The molecule has 2 aromatic rings. The normalized spacial score (nSPS) is 15.4. The summed E-state index contributed by atoms with van der Waals surface area (Å²) in [4.78, 5) is 16.7. The minimum absolute atomic E-state index is 0.0539. The van der Waals surface area contributed by atoms with E-state index in [1.807, 2.05) is 11.4 Å². The highest BCUT2D eigenvalue weighted by atomic mass is 32.1. The summed E-state index contributed by atoms with van der Waals surface area (Å²) >= 11 is 1.46. The first kappa shape index (κ1) is 16.0. The number of benzene rings is 1. The molecule has 0 aliphatic heterocycles. The lowest BCUT2D eigenvalue weighted by atomic mass is 9.95. The van der Waals surface area contributed by atoms with Crippen molar-refractivity contribution in [3.8, 4) is 0 Å². The molecule has 122 valence electrons. The van der Waals surface area contributed by atoms with E-state index in [2.05, 4.69) is 41.6 Å². The second-order valence-electron chi connectivity index (χ2n) is 6.29. The van der Waals surface area contributed by atoms with E-state index in [1.165, 1.54) is 41.7 Å². The van der Waals surface area contributed by atoms with Crippen molar-refractivity contribution >= 4 is 28.1 Å². The van der Waals surface area contributed by atoms with Gasteiger partial charge in [0.05, 0.1) is 0 Å². The van der Waals surface area contributed by atoms with Crippen molar-refractivity contribution in [2.24, 2.45) is 0 Å². The second kappa shape index (κ2) is 7.13. The van der Waals surface area contributed by atoms with Gasteiger partial charge >= 0.3 is 0 Å². The summed E-state index contributed by atoms with van der Waals surface area (Å²) in [5.41, 5.74) is 3.95. The molecule has 1 amide bonds. The molecule has 0 radical (unpaired) electrons. The molecule has 1 aliphatic carbocycles. The number of thiazole rings is 1. The van der Waals surface area contributed by atoms with E-state index in [1.54, 1.807) is 0 Å². The molecular formula is C18H23N3OS. The number of aryl methyl sites for hydroxylation is 2. The highest BCUT2D eigenvalue weighted by Crippen LogP contribution is 2.24. The van der Waals surface area contributed by atoms with Crippen molar-refractivity contribution in [3.63, 3.8) is 0 Å². The Morgan fingerprint density at radius 2 is 2.00 bits per heavy atom. The predicted octanol–water partition coefficient (Wildman–Crippen LogP) is 4.57. The maximum atomic E-state index is 12.3. The third-order valence-electron chi connectivity index (χ3n) is 4.30. The molecule has 5 heteroatoms. The van der Waals surface area contributed by atoms with Gasteiger partial charge in [-0.25, -0.2) is 4.98 Å². The number of nitrogens with zero attached hydrogens (tertiary/aromatic N) is 1. The number of anilines is 2. The Hall–Kier alpha value is -1.88. The summed E-state index contributed by atoms with van der Waals surface area (Å²) in [6.45, 7) is 4.15. The monoisotopic (exact) mass is 329 g/mol. The van der Waals surface area contributed by atoms with Gasteiger partial charge in [0.25, 0.3) is 5.91 Å². The van der Waals surface area contributed by atoms with Gasteiger partial charge in [0.1, 0.15) is 5.69 Å². The minimum atomic E-state index is -0.0539. The molecule has 1 fully saturated rings. The van der Waals surface area contributed by atoms with Gasteiger partial charge < -0.3 is 10.6 Å². The maximum Gasteiger partial charge on any atom is 0.271 e. The molecule has 23 heavy (non-hydrogen) atoms. The van der Waals surface area contributed by atoms with Crippen LogP contribution < -0.4 is 10.6 Å². The Morgan fingerprint density at radius 1 is 1.22 bits per heavy atom. The van der Waals surface area contributed by atoms with E-state index in [0.717, 1.165) is 23.7 Å². The summed E-state index contributed by atoms with van der Waals surface area (Å²) in [6.07, 6.45) is 5.88. The van der Waals surface area contributed by atoms with Crippen LogP contribution >= 0.6 is 11.3 Å². The van der Waals surface area contributed by atoms with Crippen molar-refractivity contribution in [1.82, 2.24) is 10.3 Å². The number of amides is 1. The van der Waals surface area contributed by atoms with Crippen LogP contribution in [0.3, 0.4) is 0 Å². The van der Waals surface area contributed by atoms with Gasteiger partial charge in [0.15, 0.2) is 5.13 Å². The molecule has 0 bridgehead atoms. The average Bonchev–Trinajstić information content (AvgIpc) is 3.00. The fourth-order valence-electron chi connectivity index (χ4n) is 3.01. The lowest BCUT2D eigenvalue weighted by molar-refractivity contribution is 0.0923. The molecule has 0 saturated heterocycles. The molecule has 0 unspecified atom stereocenters. The zero-order valence-electron chi connectivity index (χ0n) is 13.7. The van der Waals surface area contributed by atoms with Gasteiger partial charge in [-0.3, -0.25) is 4.79 Å². The molecule has 0 atom stereocenters. The number of hydrogen-bond donors (Lipinski definition) is 2. The van der Waals surface area contributed by atoms with Crippen LogP contribution in [0.25, 0.3) is 0 Å². The quantitative estimate of drug-likeness (QED) is 0.864. The molecule has 4 nitrogen and oxygen atoms in total. The lowest BCUT2D eigenvalue weighted by Gasteiger charge is -2.22. The fraction of sp³-hybridized carbons (Fsp3) is 0.444. The highest BCUT2D eigenvalue weighted by Gasteiger charge is 2.18. The number of aromatic nitrogens is 1. The van der Waals surface area contributed by atoms with Crippen LogP contribution in [-0.2, 0) is 0 Å². The van der Waals surface area contributed by atoms with Crippen molar-refractivity contribution in [3.05, 3.63) is 40.4 Å². The Labute approximate surface area is 141 Å². The van der Waals surface area contributed by atoms with E-state index in [4.69, 9.17) is 0 Å². The molecule has 1 heterocycles. The summed E-state index contributed by atoms with van der Waals surface area (Å²) in [7, 11) is 0. The Kier molecular flexibility index (Phi) is 4.96. The van der Waals surface area contributed by atoms with Crippen molar-refractivity contribution < 1.29 is 4.79 Å². The predicted molar refractivity (Wildman–Crippen MR) is 95.7 cm³/mol. The number of carbonyl (C=O) groups is 1. The van der Waals surface area contributed by atoms with E-state index in [9.17, 15) is 4.79 Å². The molecule has 1 aromatic carbocycles. The number of hydrogen-bond acceptors (Lipinski definition) is 4.